The van der Waals surface area contributed by atoms with Gasteiger partial charge in [-0.1, -0.05) is 39.0 Å². The lowest BCUT2D eigenvalue weighted by Crippen LogP contribution is -2.16. The first-order valence-corrected chi connectivity index (χ1v) is 6.83. The molecule has 5 heteroatoms. The molecule has 2 aromatic carbocycles. The first kappa shape index (κ1) is 15.8. The van der Waals surface area contributed by atoms with Crippen molar-refractivity contribution < 1.29 is 19.4 Å². The molecule has 0 saturated heterocycles. The fourth-order valence-electron chi connectivity index (χ4n) is 2.14. The van der Waals surface area contributed by atoms with Crippen LogP contribution in [0.2, 0.25) is 0 Å². The number of carbonyl (C=O) groups is 1. The maximum atomic E-state index is 13.6. The number of rotatable bonds is 2. The number of hydrogen-bond donors (Lipinski definition) is 3. The zero-order valence-corrected chi connectivity index (χ0v) is 12.6. The minimum Gasteiger partial charge on any atom is -0.506 e. The molecule has 4 nitrogen and oxygen atoms in total. The summed E-state index contributed by atoms with van der Waals surface area (Å²) in [5.41, 5.74) is -0.104. The van der Waals surface area contributed by atoms with E-state index in [9.17, 15) is 19.4 Å². The van der Waals surface area contributed by atoms with Gasteiger partial charge in [0.25, 0.3) is 5.91 Å². The standard InChI is InChI=1S/C17H18FNO3/c1-17(2,3)11-8-9-13(20)14(15(11)21)19-16(22)10-6-4-5-7-12(10)18/h4-9,20-21H,1-3H3,(H,19,22). The SMILES string of the molecule is CC(C)(C)c1ccc(O)c(NC(=O)c2ccccc2F)c1O. The second kappa shape index (κ2) is 5.67. The number of benzene rings is 2. The molecule has 2 rings (SSSR count). The molecule has 0 aromatic heterocycles. The highest BCUT2D eigenvalue weighted by atomic mass is 19.1. The van der Waals surface area contributed by atoms with E-state index >= 15 is 0 Å². The Labute approximate surface area is 128 Å². The summed E-state index contributed by atoms with van der Waals surface area (Å²) in [6, 6.07) is 8.47. The number of aromatic hydroxyl groups is 2. The van der Waals surface area contributed by atoms with Crippen LogP contribution in [0.25, 0.3) is 0 Å². The van der Waals surface area contributed by atoms with E-state index in [1.54, 1.807) is 6.07 Å². The number of carbonyl (C=O) groups excluding carboxylic acids is 1. The maximum absolute atomic E-state index is 13.6. The molecule has 0 saturated carbocycles. The number of nitrogens with one attached hydrogen (secondary N) is 1. The largest absolute Gasteiger partial charge is 0.506 e. The molecule has 3 N–H and O–H groups in total. The topological polar surface area (TPSA) is 69.6 Å². The summed E-state index contributed by atoms with van der Waals surface area (Å²) in [6.45, 7) is 5.67. The molecule has 0 atom stereocenters. The van der Waals surface area contributed by atoms with Crippen molar-refractivity contribution in [1.82, 2.24) is 0 Å². The Balaban J connectivity index is 2.42. The van der Waals surface area contributed by atoms with Gasteiger partial charge in [0.2, 0.25) is 0 Å². The van der Waals surface area contributed by atoms with Crippen LogP contribution in [0, 0.1) is 5.82 Å². The van der Waals surface area contributed by atoms with E-state index in [0.717, 1.165) is 0 Å². The summed E-state index contributed by atoms with van der Waals surface area (Å²) in [5.74, 6) is -1.92. The van der Waals surface area contributed by atoms with Crippen molar-refractivity contribution in [2.45, 2.75) is 26.2 Å². The van der Waals surface area contributed by atoms with Gasteiger partial charge in [0, 0.05) is 5.56 Å². The van der Waals surface area contributed by atoms with Crippen LogP contribution in [0.3, 0.4) is 0 Å². The zero-order chi connectivity index (χ0) is 16.5. The van der Waals surface area contributed by atoms with Crippen LogP contribution in [-0.4, -0.2) is 16.1 Å². The van der Waals surface area contributed by atoms with Gasteiger partial charge < -0.3 is 15.5 Å². The molecular formula is C17H18FNO3. The Hall–Kier alpha value is -2.56. The number of hydrogen-bond acceptors (Lipinski definition) is 3. The number of amides is 1. The average molecular weight is 303 g/mol. The molecule has 0 unspecified atom stereocenters. The molecule has 0 aliphatic heterocycles. The first-order chi connectivity index (χ1) is 10.2. The van der Waals surface area contributed by atoms with Crippen molar-refractivity contribution in [2.24, 2.45) is 0 Å². The van der Waals surface area contributed by atoms with E-state index in [2.05, 4.69) is 5.32 Å². The van der Waals surface area contributed by atoms with Crippen LogP contribution in [0.5, 0.6) is 11.5 Å². The van der Waals surface area contributed by atoms with Crippen LogP contribution >= 0.6 is 0 Å². The molecule has 1 amide bonds. The highest BCUT2D eigenvalue weighted by Gasteiger charge is 2.23. The highest BCUT2D eigenvalue weighted by Crippen LogP contribution is 2.41. The van der Waals surface area contributed by atoms with Crippen LogP contribution in [0.1, 0.15) is 36.7 Å². The highest BCUT2D eigenvalue weighted by molar-refractivity contribution is 6.06. The van der Waals surface area contributed by atoms with Crippen LogP contribution in [0.4, 0.5) is 10.1 Å². The van der Waals surface area contributed by atoms with E-state index in [0.29, 0.717) is 5.56 Å². The molecule has 0 aliphatic rings. The van der Waals surface area contributed by atoms with Crippen LogP contribution in [-0.2, 0) is 5.41 Å². The number of anilines is 1. The van der Waals surface area contributed by atoms with Gasteiger partial charge >= 0.3 is 0 Å². The fraction of sp³-hybridized carbons (Fsp3) is 0.235. The van der Waals surface area contributed by atoms with Crippen molar-refractivity contribution >= 4 is 11.6 Å². The van der Waals surface area contributed by atoms with Gasteiger partial charge in [-0.3, -0.25) is 4.79 Å². The first-order valence-electron chi connectivity index (χ1n) is 6.83. The van der Waals surface area contributed by atoms with Gasteiger partial charge in [-0.15, -0.1) is 0 Å². The Morgan fingerprint density at radius 2 is 1.73 bits per heavy atom. The lowest BCUT2D eigenvalue weighted by molar-refractivity contribution is 0.102. The number of halogens is 1. The normalized spacial score (nSPS) is 11.3. The van der Waals surface area contributed by atoms with Gasteiger partial charge in [0.05, 0.1) is 5.56 Å². The Morgan fingerprint density at radius 1 is 1.09 bits per heavy atom. The third-order valence-corrected chi connectivity index (χ3v) is 3.32. The Kier molecular flexibility index (Phi) is 4.08. The van der Waals surface area contributed by atoms with Gasteiger partial charge in [-0.2, -0.15) is 0 Å². The molecule has 2 aromatic rings. The van der Waals surface area contributed by atoms with E-state index < -0.39 is 11.7 Å². The molecule has 0 fully saturated rings. The van der Waals surface area contributed by atoms with Crippen molar-refractivity contribution in [2.75, 3.05) is 5.32 Å². The zero-order valence-electron chi connectivity index (χ0n) is 12.6. The predicted molar refractivity (Wildman–Crippen MR) is 82.8 cm³/mol. The summed E-state index contributed by atoms with van der Waals surface area (Å²) in [4.78, 5) is 12.1. The average Bonchev–Trinajstić information content (AvgIpc) is 2.42. The van der Waals surface area contributed by atoms with E-state index in [1.807, 2.05) is 20.8 Å². The molecule has 0 heterocycles. The third kappa shape index (κ3) is 3.03. The molecule has 0 bridgehead atoms. The summed E-state index contributed by atoms with van der Waals surface area (Å²) in [7, 11) is 0. The molecular weight excluding hydrogens is 285 g/mol. The van der Waals surface area contributed by atoms with Gasteiger partial charge in [0.1, 0.15) is 23.0 Å². The summed E-state index contributed by atoms with van der Waals surface area (Å²) in [5, 5.41) is 22.5. The summed E-state index contributed by atoms with van der Waals surface area (Å²) < 4.78 is 13.6. The van der Waals surface area contributed by atoms with E-state index in [1.165, 1.54) is 30.3 Å². The fourth-order valence-corrected chi connectivity index (χ4v) is 2.14. The van der Waals surface area contributed by atoms with Gasteiger partial charge in [-0.25, -0.2) is 4.39 Å². The van der Waals surface area contributed by atoms with E-state index in [-0.39, 0.29) is 28.2 Å². The molecule has 22 heavy (non-hydrogen) atoms. The Morgan fingerprint density at radius 3 is 2.32 bits per heavy atom. The van der Waals surface area contributed by atoms with Crippen molar-refractivity contribution in [3.63, 3.8) is 0 Å². The number of phenols is 2. The molecule has 0 spiro atoms. The summed E-state index contributed by atoms with van der Waals surface area (Å²) >= 11 is 0. The van der Waals surface area contributed by atoms with Crippen molar-refractivity contribution in [1.29, 1.82) is 0 Å². The molecule has 0 aliphatic carbocycles. The van der Waals surface area contributed by atoms with Crippen molar-refractivity contribution in [3.05, 3.63) is 53.3 Å². The van der Waals surface area contributed by atoms with E-state index in [4.69, 9.17) is 0 Å². The Bertz CT molecular complexity index is 720. The second-order valence-electron chi connectivity index (χ2n) is 6.04. The quantitative estimate of drug-likeness (QED) is 0.739. The van der Waals surface area contributed by atoms with Gasteiger partial charge in [-0.05, 0) is 23.6 Å². The second-order valence-corrected chi connectivity index (χ2v) is 6.04. The minimum atomic E-state index is -0.741. The third-order valence-electron chi connectivity index (χ3n) is 3.32. The molecule has 116 valence electrons. The van der Waals surface area contributed by atoms with Crippen LogP contribution in [0.15, 0.2) is 36.4 Å². The monoisotopic (exact) mass is 303 g/mol. The number of phenolic OH excluding ortho intramolecular Hbond substituents is 2. The minimum absolute atomic E-state index is 0.124. The lowest BCUT2D eigenvalue weighted by atomic mass is 9.86. The van der Waals surface area contributed by atoms with Crippen molar-refractivity contribution in [3.8, 4) is 11.5 Å². The maximum Gasteiger partial charge on any atom is 0.258 e. The summed E-state index contributed by atoms with van der Waals surface area (Å²) in [6.07, 6.45) is 0. The predicted octanol–water partition coefficient (Wildman–Crippen LogP) is 3.79. The molecule has 0 radical (unpaired) electrons. The smallest absolute Gasteiger partial charge is 0.258 e. The lowest BCUT2D eigenvalue weighted by Gasteiger charge is -2.22. The van der Waals surface area contributed by atoms with Gasteiger partial charge in [0.15, 0.2) is 0 Å². The van der Waals surface area contributed by atoms with Crippen LogP contribution < -0.4 is 5.32 Å².